The van der Waals surface area contributed by atoms with Gasteiger partial charge < -0.3 is 5.73 Å². The van der Waals surface area contributed by atoms with Crippen LogP contribution in [0.15, 0.2) is 29.5 Å². The molecule has 1 aromatic heterocycles. The molecule has 0 saturated heterocycles. The zero-order chi connectivity index (χ0) is 9.97. The van der Waals surface area contributed by atoms with Crippen molar-refractivity contribution in [1.82, 2.24) is 4.98 Å². The lowest BCUT2D eigenvalue weighted by Gasteiger charge is -2.20. The molecule has 0 radical (unpaired) electrons. The summed E-state index contributed by atoms with van der Waals surface area (Å²) in [4.78, 5) is 4.26. The van der Waals surface area contributed by atoms with Crippen molar-refractivity contribution in [1.29, 1.82) is 0 Å². The monoisotopic (exact) mass is 190 g/mol. The van der Waals surface area contributed by atoms with Crippen molar-refractivity contribution in [3.63, 3.8) is 0 Å². The van der Waals surface area contributed by atoms with Crippen LogP contribution in [-0.2, 0) is 0 Å². The number of pyridine rings is 1. The Bertz CT molecular complexity index is 333. The molecule has 0 amide bonds. The van der Waals surface area contributed by atoms with Crippen LogP contribution in [-0.4, -0.2) is 16.9 Å². The number of nitrogens with two attached hydrogens (primary N) is 1. The molecule has 4 nitrogen and oxygen atoms in total. The van der Waals surface area contributed by atoms with Crippen molar-refractivity contribution in [2.24, 2.45) is 10.8 Å². The molecular weight excluding hydrogens is 176 g/mol. The molecule has 0 unspecified atom stereocenters. The van der Waals surface area contributed by atoms with E-state index in [4.69, 9.17) is 5.73 Å². The largest absolute Gasteiger partial charge is 0.386 e. The van der Waals surface area contributed by atoms with Crippen LogP contribution < -0.4 is 10.7 Å². The van der Waals surface area contributed by atoms with Crippen LogP contribution in [0.5, 0.6) is 0 Å². The number of aromatic nitrogens is 1. The Balaban J connectivity index is 2.25. The van der Waals surface area contributed by atoms with Gasteiger partial charge in [0.15, 0.2) is 0 Å². The highest BCUT2D eigenvalue weighted by Gasteiger charge is 2.25. The Morgan fingerprint density at radius 3 is 3.07 bits per heavy atom. The summed E-state index contributed by atoms with van der Waals surface area (Å²) in [6, 6.07) is 6.17. The predicted molar refractivity (Wildman–Crippen MR) is 57.0 cm³/mol. The lowest BCUT2D eigenvalue weighted by molar-refractivity contribution is 0.633. The van der Waals surface area contributed by atoms with Gasteiger partial charge >= 0.3 is 0 Å². The molecule has 0 bridgehead atoms. The van der Waals surface area contributed by atoms with Gasteiger partial charge in [0.25, 0.3) is 0 Å². The average Bonchev–Trinajstić information content (AvgIpc) is 2.61. The van der Waals surface area contributed by atoms with Crippen molar-refractivity contribution < 1.29 is 0 Å². The van der Waals surface area contributed by atoms with Gasteiger partial charge in [-0.3, -0.25) is 0 Å². The Labute approximate surface area is 83.4 Å². The van der Waals surface area contributed by atoms with Crippen LogP contribution in [0.2, 0.25) is 0 Å². The topological polar surface area (TPSA) is 54.5 Å². The highest BCUT2D eigenvalue weighted by atomic mass is 15.5. The van der Waals surface area contributed by atoms with Gasteiger partial charge in [-0.15, -0.1) is 0 Å². The Morgan fingerprint density at radius 1 is 1.57 bits per heavy atom. The minimum Gasteiger partial charge on any atom is -0.386 e. The fraction of sp³-hybridized carbons (Fsp3) is 0.400. The second kappa shape index (κ2) is 3.65. The van der Waals surface area contributed by atoms with Crippen LogP contribution in [0.3, 0.4) is 0 Å². The van der Waals surface area contributed by atoms with Gasteiger partial charge in [0.05, 0.1) is 6.04 Å². The third-order valence-electron chi connectivity index (χ3n) is 2.38. The first-order valence-electron chi connectivity index (χ1n) is 4.84. The zero-order valence-electron chi connectivity index (χ0n) is 8.22. The molecule has 1 aliphatic heterocycles. The van der Waals surface area contributed by atoms with E-state index in [1.807, 2.05) is 23.2 Å². The van der Waals surface area contributed by atoms with E-state index in [0.717, 1.165) is 18.7 Å². The normalized spacial score (nSPS) is 21.1. The maximum atomic E-state index is 5.71. The SMILES string of the molecule is CC[C@H]1CC(N)=NN1c1ccccn1. The Hall–Kier alpha value is -1.58. The fourth-order valence-electron chi connectivity index (χ4n) is 1.63. The van der Waals surface area contributed by atoms with E-state index in [-0.39, 0.29) is 0 Å². The summed E-state index contributed by atoms with van der Waals surface area (Å²) >= 11 is 0. The first-order chi connectivity index (χ1) is 6.81. The Morgan fingerprint density at radius 2 is 2.43 bits per heavy atom. The number of amidine groups is 1. The highest BCUT2D eigenvalue weighted by Crippen LogP contribution is 2.22. The number of anilines is 1. The Kier molecular flexibility index (Phi) is 2.35. The molecule has 1 aromatic rings. The van der Waals surface area contributed by atoms with Crippen molar-refractivity contribution in [2.75, 3.05) is 5.01 Å². The van der Waals surface area contributed by atoms with Gasteiger partial charge in [0.2, 0.25) is 0 Å². The molecule has 0 aliphatic carbocycles. The van der Waals surface area contributed by atoms with E-state index >= 15 is 0 Å². The zero-order valence-corrected chi connectivity index (χ0v) is 8.22. The lowest BCUT2D eigenvalue weighted by Crippen LogP contribution is -2.26. The second-order valence-electron chi connectivity index (χ2n) is 3.39. The molecule has 0 aromatic carbocycles. The first-order valence-corrected chi connectivity index (χ1v) is 4.84. The van der Waals surface area contributed by atoms with Crippen molar-refractivity contribution >= 4 is 11.7 Å². The van der Waals surface area contributed by atoms with Crippen LogP contribution in [0, 0.1) is 0 Å². The molecule has 2 N–H and O–H groups in total. The molecule has 2 heterocycles. The molecular formula is C10H14N4. The van der Waals surface area contributed by atoms with E-state index in [0.29, 0.717) is 11.9 Å². The van der Waals surface area contributed by atoms with Gasteiger partial charge in [-0.05, 0) is 18.6 Å². The minimum absolute atomic E-state index is 0.366. The summed E-state index contributed by atoms with van der Waals surface area (Å²) in [6.07, 6.45) is 3.64. The second-order valence-corrected chi connectivity index (χ2v) is 3.39. The smallest absolute Gasteiger partial charge is 0.149 e. The number of nitrogens with zero attached hydrogens (tertiary/aromatic N) is 3. The van der Waals surface area contributed by atoms with Crippen molar-refractivity contribution in [3.8, 4) is 0 Å². The predicted octanol–water partition coefficient (Wildman–Crippen LogP) is 1.34. The summed E-state index contributed by atoms with van der Waals surface area (Å²) in [5.41, 5.74) is 5.71. The van der Waals surface area contributed by atoms with E-state index < -0.39 is 0 Å². The van der Waals surface area contributed by atoms with E-state index in [2.05, 4.69) is 17.0 Å². The molecule has 1 aliphatic rings. The third kappa shape index (κ3) is 1.55. The molecule has 4 heteroatoms. The number of rotatable bonds is 2. The molecule has 0 saturated carbocycles. The van der Waals surface area contributed by atoms with Gasteiger partial charge in [0.1, 0.15) is 11.7 Å². The average molecular weight is 190 g/mol. The van der Waals surface area contributed by atoms with E-state index in [1.165, 1.54) is 0 Å². The van der Waals surface area contributed by atoms with Crippen LogP contribution >= 0.6 is 0 Å². The molecule has 0 spiro atoms. The minimum atomic E-state index is 0.366. The number of hydrogen-bond donors (Lipinski definition) is 1. The maximum Gasteiger partial charge on any atom is 0.149 e. The fourth-order valence-corrected chi connectivity index (χ4v) is 1.63. The molecule has 14 heavy (non-hydrogen) atoms. The van der Waals surface area contributed by atoms with Gasteiger partial charge in [-0.25, -0.2) is 9.99 Å². The van der Waals surface area contributed by atoms with Gasteiger partial charge in [-0.2, -0.15) is 5.10 Å². The maximum absolute atomic E-state index is 5.71. The molecule has 0 fully saturated rings. The molecule has 2 rings (SSSR count). The summed E-state index contributed by atoms with van der Waals surface area (Å²) in [6.45, 7) is 2.13. The van der Waals surface area contributed by atoms with Gasteiger partial charge in [-0.1, -0.05) is 13.0 Å². The standard InChI is InChI=1S/C10H14N4/c1-2-8-7-9(11)13-14(8)10-5-3-4-6-12-10/h3-6,8H,2,7H2,1H3,(H2,11,13)/t8-/m0/s1. The summed E-state index contributed by atoms with van der Waals surface area (Å²) < 4.78 is 0. The van der Waals surface area contributed by atoms with E-state index in [9.17, 15) is 0 Å². The highest BCUT2D eigenvalue weighted by molar-refractivity contribution is 5.84. The van der Waals surface area contributed by atoms with E-state index in [1.54, 1.807) is 6.20 Å². The summed E-state index contributed by atoms with van der Waals surface area (Å²) in [5.74, 6) is 1.57. The summed E-state index contributed by atoms with van der Waals surface area (Å²) in [5, 5.41) is 6.19. The van der Waals surface area contributed by atoms with Crippen LogP contribution in [0.1, 0.15) is 19.8 Å². The summed E-state index contributed by atoms with van der Waals surface area (Å²) in [7, 11) is 0. The van der Waals surface area contributed by atoms with Crippen LogP contribution in [0.4, 0.5) is 5.82 Å². The van der Waals surface area contributed by atoms with Crippen LogP contribution in [0.25, 0.3) is 0 Å². The van der Waals surface area contributed by atoms with Crippen molar-refractivity contribution in [3.05, 3.63) is 24.4 Å². The van der Waals surface area contributed by atoms with Crippen molar-refractivity contribution in [2.45, 2.75) is 25.8 Å². The number of hydrogen-bond acceptors (Lipinski definition) is 4. The molecule has 1 atom stereocenters. The number of hydrazone groups is 1. The first kappa shape index (κ1) is 8.99. The quantitative estimate of drug-likeness (QED) is 0.765. The molecule has 74 valence electrons. The van der Waals surface area contributed by atoms with Gasteiger partial charge in [0, 0.05) is 12.6 Å². The lowest BCUT2D eigenvalue weighted by atomic mass is 10.1. The third-order valence-corrected chi connectivity index (χ3v) is 2.38.